The highest BCUT2D eigenvalue weighted by atomic mass is 35.5. The fourth-order valence-electron chi connectivity index (χ4n) is 2.52. The Morgan fingerprint density at radius 2 is 1.79 bits per heavy atom. The van der Waals surface area contributed by atoms with Crippen molar-refractivity contribution < 1.29 is 17.9 Å². The number of rotatable bonds is 6. The van der Waals surface area contributed by atoms with E-state index in [1.165, 1.54) is 25.3 Å². The van der Waals surface area contributed by atoms with Gasteiger partial charge in [0.05, 0.1) is 17.8 Å². The lowest BCUT2D eigenvalue weighted by Gasteiger charge is -2.28. The Morgan fingerprint density at radius 3 is 2.39 bits per heavy atom. The number of carbonyl (C=O) groups excluding carboxylic acids is 1. The quantitative estimate of drug-likeness (QED) is 0.726. The molecule has 0 spiro atoms. The molecule has 152 valence electrons. The molecule has 0 fully saturated rings. The molecule has 0 aliphatic heterocycles. The number of sulfonamides is 1. The summed E-state index contributed by atoms with van der Waals surface area (Å²) in [6.45, 7) is 4.96. The van der Waals surface area contributed by atoms with E-state index in [0.717, 1.165) is 4.31 Å². The van der Waals surface area contributed by atoms with Crippen molar-refractivity contribution in [3.05, 3.63) is 52.5 Å². The Kier molecular flexibility index (Phi) is 6.85. The third-order valence-corrected chi connectivity index (χ3v) is 6.09. The van der Waals surface area contributed by atoms with Gasteiger partial charge in [-0.25, -0.2) is 8.42 Å². The molecule has 9 heteroatoms. The number of nitrogens with zero attached hydrogens (tertiary/aromatic N) is 1. The van der Waals surface area contributed by atoms with E-state index >= 15 is 0 Å². The van der Waals surface area contributed by atoms with Crippen LogP contribution in [0, 0.1) is 0 Å². The summed E-state index contributed by atoms with van der Waals surface area (Å²) >= 11 is 12.1. The number of ether oxygens (including phenoxy) is 1. The number of para-hydroxylation sites is 2. The lowest BCUT2D eigenvalue weighted by atomic mass is 10.1. The smallest absolute Gasteiger partial charge is 0.266 e. The van der Waals surface area contributed by atoms with Crippen LogP contribution in [0.4, 0.5) is 5.69 Å². The van der Waals surface area contributed by atoms with E-state index < -0.39 is 28.0 Å². The molecule has 2 aromatic carbocycles. The third-order valence-electron chi connectivity index (χ3n) is 3.62. The second-order valence-electron chi connectivity index (χ2n) is 7.06. The Labute approximate surface area is 175 Å². The van der Waals surface area contributed by atoms with Gasteiger partial charge < -0.3 is 10.1 Å². The molecule has 0 saturated heterocycles. The zero-order chi connectivity index (χ0) is 21.1. The van der Waals surface area contributed by atoms with Gasteiger partial charge in [-0.3, -0.25) is 9.10 Å². The molecule has 0 aliphatic rings. The average Bonchev–Trinajstić information content (AvgIpc) is 2.60. The van der Waals surface area contributed by atoms with Crippen LogP contribution in [0.25, 0.3) is 0 Å². The number of hydrogen-bond donors (Lipinski definition) is 1. The number of hydrogen-bond acceptors (Lipinski definition) is 4. The number of amides is 1. The summed E-state index contributed by atoms with van der Waals surface area (Å²) in [4.78, 5) is 12.4. The SMILES string of the molecule is COc1ccccc1N(CC(=O)NC(C)(C)C)S(=O)(=O)c1cc(Cl)ccc1Cl. The summed E-state index contributed by atoms with van der Waals surface area (Å²) in [6.07, 6.45) is 0. The molecule has 2 rings (SSSR count). The monoisotopic (exact) mass is 444 g/mol. The van der Waals surface area contributed by atoms with Crippen molar-refractivity contribution in [2.24, 2.45) is 0 Å². The maximum Gasteiger partial charge on any atom is 0.266 e. The minimum atomic E-state index is -4.21. The molecule has 1 amide bonds. The van der Waals surface area contributed by atoms with Crippen LogP contribution in [-0.2, 0) is 14.8 Å². The van der Waals surface area contributed by atoms with Crippen LogP contribution in [0.15, 0.2) is 47.4 Å². The second kappa shape index (κ2) is 8.59. The van der Waals surface area contributed by atoms with Crippen LogP contribution in [0.5, 0.6) is 5.75 Å². The van der Waals surface area contributed by atoms with Gasteiger partial charge in [0.25, 0.3) is 10.0 Å². The third kappa shape index (κ3) is 5.31. The van der Waals surface area contributed by atoms with Crippen molar-refractivity contribution in [1.29, 1.82) is 0 Å². The van der Waals surface area contributed by atoms with E-state index in [-0.39, 0.29) is 20.6 Å². The molecule has 0 aliphatic carbocycles. The summed E-state index contributed by atoms with van der Waals surface area (Å²) in [5.41, 5.74) is -0.314. The largest absolute Gasteiger partial charge is 0.495 e. The molecular weight excluding hydrogens is 423 g/mol. The van der Waals surface area contributed by atoms with E-state index in [4.69, 9.17) is 27.9 Å². The molecule has 1 N–H and O–H groups in total. The van der Waals surface area contributed by atoms with Gasteiger partial charge in [0.15, 0.2) is 0 Å². The van der Waals surface area contributed by atoms with Crippen LogP contribution in [0.2, 0.25) is 10.0 Å². The summed E-state index contributed by atoms with van der Waals surface area (Å²) in [5.74, 6) is -0.173. The van der Waals surface area contributed by atoms with Crippen molar-refractivity contribution in [2.75, 3.05) is 18.0 Å². The molecule has 2 aromatic rings. The fraction of sp³-hybridized carbons (Fsp3) is 0.316. The first kappa shape index (κ1) is 22.3. The maximum atomic E-state index is 13.4. The highest BCUT2D eigenvalue weighted by Crippen LogP contribution is 2.35. The normalized spacial score (nSPS) is 11.8. The number of methoxy groups -OCH3 is 1. The van der Waals surface area contributed by atoms with E-state index in [2.05, 4.69) is 5.32 Å². The first-order valence-corrected chi connectivity index (χ1v) is 10.6. The first-order valence-electron chi connectivity index (χ1n) is 8.37. The van der Waals surface area contributed by atoms with Crippen LogP contribution in [0.1, 0.15) is 20.8 Å². The highest BCUT2D eigenvalue weighted by Gasteiger charge is 2.32. The van der Waals surface area contributed by atoms with E-state index in [9.17, 15) is 13.2 Å². The number of nitrogens with one attached hydrogen (secondary N) is 1. The topological polar surface area (TPSA) is 75.7 Å². The van der Waals surface area contributed by atoms with Gasteiger partial charge in [0, 0.05) is 10.6 Å². The van der Waals surface area contributed by atoms with Crippen LogP contribution < -0.4 is 14.4 Å². The zero-order valence-corrected chi connectivity index (χ0v) is 18.3. The Morgan fingerprint density at radius 1 is 1.14 bits per heavy atom. The molecule has 0 radical (unpaired) electrons. The molecule has 0 atom stereocenters. The van der Waals surface area contributed by atoms with Gasteiger partial charge in [-0.2, -0.15) is 0 Å². The lowest BCUT2D eigenvalue weighted by molar-refractivity contribution is -0.121. The molecule has 6 nitrogen and oxygen atoms in total. The molecule has 0 heterocycles. The van der Waals surface area contributed by atoms with Crippen LogP contribution in [0.3, 0.4) is 0 Å². The standard InChI is InChI=1S/C19H22Cl2N2O4S/c1-19(2,3)22-18(24)12-23(15-7-5-6-8-16(15)27-4)28(25,26)17-11-13(20)9-10-14(17)21/h5-11H,12H2,1-4H3,(H,22,24). The summed E-state index contributed by atoms with van der Waals surface area (Å²) in [5, 5.41) is 2.97. The zero-order valence-electron chi connectivity index (χ0n) is 16.0. The predicted octanol–water partition coefficient (Wildman–Crippen LogP) is 4.11. The number of benzene rings is 2. The van der Waals surface area contributed by atoms with Crippen molar-refractivity contribution in [1.82, 2.24) is 5.32 Å². The highest BCUT2D eigenvalue weighted by molar-refractivity contribution is 7.93. The van der Waals surface area contributed by atoms with Crippen LogP contribution in [-0.4, -0.2) is 33.5 Å². The predicted molar refractivity (Wildman–Crippen MR) is 112 cm³/mol. The maximum absolute atomic E-state index is 13.4. The first-order chi connectivity index (χ1) is 13.0. The summed E-state index contributed by atoms with van der Waals surface area (Å²) in [7, 11) is -2.79. The van der Waals surface area contributed by atoms with E-state index in [1.807, 2.05) is 0 Å². The summed E-state index contributed by atoms with van der Waals surface area (Å²) in [6, 6.07) is 10.7. The molecule has 0 bridgehead atoms. The van der Waals surface area contributed by atoms with Gasteiger partial charge in [-0.15, -0.1) is 0 Å². The van der Waals surface area contributed by atoms with Gasteiger partial charge >= 0.3 is 0 Å². The van der Waals surface area contributed by atoms with Gasteiger partial charge in [0.1, 0.15) is 17.2 Å². The Hall–Kier alpha value is -1.96. The molecule has 28 heavy (non-hydrogen) atoms. The Balaban J connectivity index is 2.60. The minimum Gasteiger partial charge on any atom is -0.495 e. The van der Waals surface area contributed by atoms with Crippen molar-refractivity contribution >= 4 is 44.8 Å². The second-order valence-corrected chi connectivity index (χ2v) is 9.73. The van der Waals surface area contributed by atoms with Crippen LogP contribution >= 0.6 is 23.2 Å². The molecule has 0 saturated carbocycles. The molecule has 0 unspecified atom stereocenters. The average molecular weight is 445 g/mol. The Bertz CT molecular complexity index is 972. The lowest BCUT2D eigenvalue weighted by Crippen LogP contribution is -2.47. The number of halogens is 2. The van der Waals surface area contributed by atoms with E-state index in [1.54, 1.807) is 45.0 Å². The van der Waals surface area contributed by atoms with E-state index in [0.29, 0.717) is 5.75 Å². The minimum absolute atomic E-state index is 0.000488. The number of carbonyl (C=O) groups is 1. The van der Waals surface area contributed by atoms with Gasteiger partial charge in [-0.1, -0.05) is 35.3 Å². The van der Waals surface area contributed by atoms with Crippen molar-refractivity contribution in [3.63, 3.8) is 0 Å². The fourth-order valence-corrected chi connectivity index (χ4v) is 4.69. The molecule has 0 aromatic heterocycles. The van der Waals surface area contributed by atoms with Crippen molar-refractivity contribution in [3.8, 4) is 5.75 Å². The number of anilines is 1. The van der Waals surface area contributed by atoms with Gasteiger partial charge in [-0.05, 0) is 51.1 Å². The van der Waals surface area contributed by atoms with Crippen molar-refractivity contribution in [2.45, 2.75) is 31.2 Å². The molecular formula is C19H22Cl2N2O4S. The summed E-state index contributed by atoms with van der Waals surface area (Å²) < 4.78 is 33.1. The van der Waals surface area contributed by atoms with Gasteiger partial charge in [0.2, 0.25) is 5.91 Å².